The molecular weight excluding hydrogens is 658 g/mol. The Bertz CT molecular complexity index is 1390. The second kappa shape index (κ2) is 20.3. The van der Waals surface area contributed by atoms with Crippen molar-refractivity contribution in [2.75, 3.05) is 17.7 Å². The molecule has 1 aliphatic heterocycles. The first-order chi connectivity index (χ1) is 20.6. The van der Waals surface area contributed by atoms with Crippen molar-refractivity contribution in [3.8, 4) is 0 Å². The van der Waals surface area contributed by atoms with E-state index in [1.807, 2.05) is 12.1 Å². The molecule has 5 heterocycles. The Morgan fingerprint density at radius 1 is 0.932 bits per heavy atom. The third-order valence-electron chi connectivity index (χ3n) is 5.88. The summed E-state index contributed by atoms with van der Waals surface area (Å²) in [7, 11) is 0. The Balaban J connectivity index is 0.000000208. The van der Waals surface area contributed by atoms with Gasteiger partial charge in [0.05, 0.1) is 6.10 Å². The van der Waals surface area contributed by atoms with E-state index in [0.29, 0.717) is 28.8 Å². The number of carboxylic acid groups (broad SMARTS) is 1. The SMILES string of the molecule is CC(=O)[O-].CC1CCCO1.Clc1ccnc(Cl)n1.Clc1nccc(Nc2cc(C3CC3)[nH]n2)n1.Nc1cc(C2CC2)[nH]n1.[K+]. The van der Waals surface area contributed by atoms with Crippen molar-refractivity contribution >= 4 is 58.2 Å². The molecule has 0 amide bonds. The van der Waals surface area contributed by atoms with Crippen LogP contribution in [0.4, 0.5) is 17.5 Å². The Kier molecular flexibility index (Phi) is 17.7. The zero-order valence-corrected chi connectivity index (χ0v) is 30.2. The first-order valence-corrected chi connectivity index (χ1v) is 14.8. The van der Waals surface area contributed by atoms with Gasteiger partial charge in [0.1, 0.15) is 16.8 Å². The smallest absolute Gasteiger partial charge is 0.550 e. The van der Waals surface area contributed by atoms with Gasteiger partial charge in [0.15, 0.2) is 5.82 Å². The van der Waals surface area contributed by atoms with Crippen molar-refractivity contribution in [2.45, 2.75) is 70.3 Å². The molecule has 232 valence electrons. The minimum atomic E-state index is -1.08. The quantitative estimate of drug-likeness (QED) is 0.139. The topological polar surface area (TPSA) is 196 Å². The van der Waals surface area contributed by atoms with E-state index in [2.05, 4.69) is 52.6 Å². The molecule has 3 aliphatic rings. The van der Waals surface area contributed by atoms with Gasteiger partial charge in [-0.1, -0.05) is 11.6 Å². The fourth-order valence-corrected chi connectivity index (χ4v) is 4.02. The number of aliphatic carboxylic acids is 1. The van der Waals surface area contributed by atoms with E-state index < -0.39 is 5.97 Å². The van der Waals surface area contributed by atoms with Crippen LogP contribution in [-0.4, -0.2) is 59.0 Å². The summed E-state index contributed by atoms with van der Waals surface area (Å²) in [6.07, 6.45) is 11.3. The van der Waals surface area contributed by atoms with Crippen LogP contribution in [-0.2, 0) is 9.53 Å². The van der Waals surface area contributed by atoms with Crippen molar-refractivity contribution in [1.82, 2.24) is 40.3 Å². The molecule has 0 radical (unpaired) electrons. The normalized spacial score (nSPS) is 16.2. The number of nitrogen functional groups attached to an aromatic ring is 1. The van der Waals surface area contributed by atoms with E-state index in [1.165, 1.54) is 56.1 Å². The zero-order valence-electron chi connectivity index (χ0n) is 24.8. The van der Waals surface area contributed by atoms with Gasteiger partial charge in [-0.15, -0.1) is 0 Å². The van der Waals surface area contributed by atoms with Crippen LogP contribution in [0.2, 0.25) is 15.7 Å². The van der Waals surface area contributed by atoms with Gasteiger partial charge in [-0.05, 0) is 87.7 Å². The first kappa shape index (κ1) is 38.3. The predicted octanol–water partition coefficient (Wildman–Crippen LogP) is 2.07. The molecular formula is C27H34Cl3KN10O3. The van der Waals surface area contributed by atoms with Crippen LogP contribution in [0.3, 0.4) is 0 Å². The Hall–Kier alpha value is -1.88. The second-order valence-corrected chi connectivity index (χ2v) is 10.9. The number of aromatic nitrogens is 8. The molecule has 1 unspecified atom stereocenters. The standard InChI is InChI=1S/C10H10ClN5.C6H9N3.C5H10O.C4H2Cl2N2.C2H4O2.K/c11-10-12-4-3-8(14-10)13-9-5-7(15-16-9)6-1-2-6;7-6-3-5(8-9-6)4-1-2-4;1-5-3-2-4-6-5;5-3-1-2-7-4(6)8-3;1-2(3)4;/h3-6H,1-2H2,(H2,12,13,14,15,16);3-4H,1-2H2,(H3,7,8,9);5H,2-4H2,1H3;1-2H;1H3,(H,3,4);/q;;;;;+1/p-1. The molecule has 2 saturated carbocycles. The molecule has 44 heavy (non-hydrogen) atoms. The number of anilines is 3. The van der Waals surface area contributed by atoms with Crippen LogP contribution in [0.15, 0.2) is 36.7 Å². The molecule has 4 aromatic rings. The number of H-pyrrole nitrogens is 2. The fourth-order valence-electron chi connectivity index (χ4n) is 3.55. The number of rotatable bonds is 4. The van der Waals surface area contributed by atoms with Gasteiger partial charge in [0.25, 0.3) is 0 Å². The second-order valence-electron chi connectivity index (χ2n) is 9.80. The minimum absolute atomic E-state index is 0. The van der Waals surface area contributed by atoms with Crippen LogP contribution >= 0.6 is 34.8 Å². The molecule has 0 aromatic carbocycles. The minimum Gasteiger partial charge on any atom is -0.550 e. The Morgan fingerprint density at radius 3 is 1.91 bits per heavy atom. The summed E-state index contributed by atoms with van der Waals surface area (Å²) < 4.78 is 5.15. The average Bonchev–Trinajstić information content (AvgIpc) is 3.84. The zero-order chi connectivity index (χ0) is 31.2. The van der Waals surface area contributed by atoms with E-state index in [0.717, 1.165) is 25.3 Å². The number of nitrogens with zero attached hydrogens (tertiary/aromatic N) is 6. The van der Waals surface area contributed by atoms with Crippen molar-refractivity contribution in [1.29, 1.82) is 0 Å². The number of hydrogen-bond donors (Lipinski definition) is 4. The number of nitrogens with two attached hydrogens (primary N) is 1. The van der Waals surface area contributed by atoms with Crippen molar-refractivity contribution in [3.05, 3.63) is 63.8 Å². The maximum absolute atomic E-state index is 8.89. The summed E-state index contributed by atoms with van der Waals surface area (Å²) in [4.78, 5) is 23.9. The Labute approximate surface area is 313 Å². The molecule has 1 atom stereocenters. The molecule has 7 rings (SSSR count). The van der Waals surface area contributed by atoms with Gasteiger partial charge >= 0.3 is 51.4 Å². The summed E-state index contributed by atoms with van der Waals surface area (Å²) in [5.41, 5.74) is 7.79. The number of halogens is 3. The average molecular weight is 692 g/mol. The summed E-state index contributed by atoms with van der Waals surface area (Å²) in [6.45, 7) is 4.08. The molecule has 0 bridgehead atoms. The van der Waals surface area contributed by atoms with Crippen LogP contribution in [0.5, 0.6) is 0 Å². The first-order valence-electron chi connectivity index (χ1n) is 13.6. The van der Waals surface area contributed by atoms with Crippen LogP contribution in [0.1, 0.15) is 75.6 Å². The number of carbonyl (C=O) groups is 1. The van der Waals surface area contributed by atoms with Gasteiger partial charge in [-0.25, -0.2) is 19.9 Å². The molecule has 3 fully saturated rings. The fraction of sp³-hybridized carbons (Fsp3) is 0.444. The summed E-state index contributed by atoms with van der Waals surface area (Å²) in [5.74, 6) is 2.33. The molecule has 0 spiro atoms. The van der Waals surface area contributed by atoms with E-state index >= 15 is 0 Å². The van der Waals surface area contributed by atoms with Gasteiger partial charge in [0.2, 0.25) is 10.6 Å². The molecule has 1 saturated heterocycles. The van der Waals surface area contributed by atoms with Gasteiger partial charge in [-0.2, -0.15) is 10.2 Å². The number of aromatic amines is 2. The van der Waals surface area contributed by atoms with Gasteiger partial charge in [0, 0.05) is 60.3 Å². The summed E-state index contributed by atoms with van der Waals surface area (Å²) in [6, 6.07) is 7.23. The largest absolute Gasteiger partial charge is 1.00 e. The van der Waals surface area contributed by atoms with Crippen molar-refractivity contribution in [3.63, 3.8) is 0 Å². The number of carboxylic acids is 1. The number of nitrogens with one attached hydrogen (secondary N) is 3. The molecule has 5 N–H and O–H groups in total. The van der Waals surface area contributed by atoms with Crippen molar-refractivity contribution < 1.29 is 66.0 Å². The van der Waals surface area contributed by atoms with Crippen LogP contribution in [0, 0.1) is 0 Å². The Morgan fingerprint density at radius 2 is 1.50 bits per heavy atom. The summed E-state index contributed by atoms with van der Waals surface area (Å²) in [5, 5.41) is 26.6. The maximum Gasteiger partial charge on any atom is 1.00 e. The van der Waals surface area contributed by atoms with Gasteiger partial charge < -0.3 is 25.7 Å². The van der Waals surface area contributed by atoms with E-state index in [9.17, 15) is 0 Å². The van der Waals surface area contributed by atoms with Gasteiger partial charge in [-0.3, -0.25) is 10.2 Å². The maximum atomic E-state index is 8.89. The third kappa shape index (κ3) is 16.4. The molecule has 13 nitrogen and oxygen atoms in total. The monoisotopic (exact) mass is 690 g/mol. The number of hydrogen-bond acceptors (Lipinski definition) is 11. The van der Waals surface area contributed by atoms with Crippen LogP contribution < -0.4 is 67.5 Å². The van der Waals surface area contributed by atoms with E-state index in [-0.39, 0.29) is 62.0 Å². The number of ether oxygens (including phenoxy) is 1. The molecule has 4 aromatic heterocycles. The molecule has 17 heteroatoms. The van der Waals surface area contributed by atoms with E-state index in [1.54, 1.807) is 18.3 Å². The van der Waals surface area contributed by atoms with Crippen LogP contribution in [0.25, 0.3) is 0 Å². The number of carbonyl (C=O) groups excluding carboxylic acids is 1. The summed E-state index contributed by atoms with van der Waals surface area (Å²) >= 11 is 16.4. The predicted molar refractivity (Wildman–Crippen MR) is 163 cm³/mol. The third-order valence-corrected chi connectivity index (χ3v) is 6.46. The molecule has 2 aliphatic carbocycles. The van der Waals surface area contributed by atoms with E-state index in [4.69, 9.17) is 55.2 Å². The van der Waals surface area contributed by atoms with Crippen molar-refractivity contribution in [2.24, 2.45) is 0 Å².